The summed E-state index contributed by atoms with van der Waals surface area (Å²) in [7, 11) is 2.01. The second kappa shape index (κ2) is 7.27. The summed E-state index contributed by atoms with van der Waals surface area (Å²) in [5, 5.41) is 3.44. The number of carbonyl (C=O) groups excluding carboxylic acids is 1. The first-order valence-corrected chi connectivity index (χ1v) is 7.72. The maximum atomic E-state index is 12.4. The van der Waals surface area contributed by atoms with Gasteiger partial charge in [0, 0.05) is 19.1 Å². The van der Waals surface area contributed by atoms with Crippen molar-refractivity contribution in [1.29, 1.82) is 0 Å². The molecule has 0 aromatic heterocycles. The fourth-order valence-electron chi connectivity index (χ4n) is 2.30. The predicted octanol–water partition coefficient (Wildman–Crippen LogP) is 1.97. The molecule has 1 amide bonds. The lowest BCUT2D eigenvalue weighted by Gasteiger charge is -2.34. The molecule has 100 valence electrons. The Morgan fingerprint density at radius 2 is 2.00 bits per heavy atom. The summed E-state index contributed by atoms with van der Waals surface area (Å²) < 4.78 is 0. The third-order valence-corrected chi connectivity index (χ3v) is 4.85. The number of amides is 1. The molecule has 1 atom stereocenters. The summed E-state index contributed by atoms with van der Waals surface area (Å²) in [5.41, 5.74) is 0. The third kappa shape index (κ3) is 4.18. The van der Waals surface area contributed by atoms with E-state index in [1.54, 1.807) is 11.8 Å². The van der Waals surface area contributed by atoms with Gasteiger partial charge in [-0.2, -0.15) is 0 Å². The Bertz CT molecular complexity index is 238. The fourth-order valence-corrected chi connectivity index (χ4v) is 3.33. The lowest BCUT2D eigenvalue weighted by Crippen LogP contribution is -2.47. The third-order valence-electron chi connectivity index (χ3n) is 3.41. The molecule has 1 rings (SSSR count). The van der Waals surface area contributed by atoms with E-state index in [1.165, 1.54) is 0 Å². The van der Waals surface area contributed by atoms with Crippen molar-refractivity contribution in [3.63, 3.8) is 0 Å². The fraction of sp³-hybridized carbons (Fsp3) is 0.923. The molecule has 4 heteroatoms. The molecule has 0 bridgehead atoms. The van der Waals surface area contributed by atoms with E-state index in [2.05, 4.69) is 31.0 Å². The SMILES string of the molecule is CCSC(C(=O)N1CCC(NC)CC1)C(C)C. The van der Waals surface area contributed by atoms with E-state index < -0.39 is 0 Å². The summed E-state index contributed by atoms with van der Waals surface area (Å²) >= 11 is 1.79. The van der Waals surface area contributed by atoms with E-state index in [0.29, 0.717) is 17.9 Å². The monoisotopic (exact) mass is 258 g/mol. The van der Waals surface area contributed by atoms with Crippen LogP contribution in [-0.4, -0.2) is 48.0 Å². The molecule has 0 aliphatic carbocycles. The molecule has 1 aliphatic rings. The van der Waals surface area contributed by atoms with Crippen molar-refractivity contribution in [2.75, 3.05) is 25.9 Å². The Balaban J connectivity index is 2.51. The zero-order valence-corrected chi connectivity index (χ0v) is 12.3. The molecule has 17 heavy (non-hydrogen) atoms. The minimum atomic E-state index is 0.145. The van der Waals surface area contributed by atoms with E-state index >= 15 is 0 Å². The second-order valence-electron chi connectivity index (χ2n) is 5.01. The van der Waals surface area contributed by atoms with Gasteiger partial charge in [-0.25, -0.2) is 0 Å². The molecule has 0 radical (unpaired) electrons. The van der Waals surface area contributed by atoms with Crippen LogP contribution >= 0.6 is 11.8 Å². The molecule has 1 fully saturated rings. The molecular formula is C13H26N2OS. The predicted molar refractivity (Wildman–Crippen MR) is 75.4 cm³/mol. The highest BCUT2D eigenvalue weighted by Gasteiger charge is 2.29. The summed E-state index contributed by atoms with van der Waals surface area (Å²) in [4.78, 5) is 14.5. The normalized spacial score (nSPS) is 19.7. The number of nitrogens with zero attached hydrogens (tertiary/aromatic N) is 1. The lowest BCUT2D eigenvalue weighted by atomic mass is 10.0. The quantitative estimate of drug-likeness (QED) is 0.818. The van der Waals surface area contributed by atoms with Crippen LogP contribution in [0.25, 0.3) is 0 Å². The van der Waals surface area contributed by atoms with E-state index in [9.17, 15) is 4.79 Å². The van der Waals surface area contributed by atoms with Crippen LogP contribution < -0.4 is 5.32 Å². The topological polar surface area (TPSA) is 32.3 Å². The Hall–Kier alpha value is -0.220. The molecule has 1 heterocycles. The van der Waals surface area contributed by atoms with Crippen molar-refractivity contribution in [2.24, 2.45) is 5.92 Å². The number of piperidine rings is 1. The first-order valence-electron chi connectivity index (χ1n) is 6.67. The van der Waals surface area contributed by atoms with Crippen LogP contribution in [0, 0.1) is 5.92 Å². The molecule has 1 saturated heterocycles. The van der Waals surface area contributed by atoms with Crippen LogP contribution in [0.5, 0.6) is 0 Å². The molecule has 1 N–H and O–H groups in total. The zero-order valence-electron chi connectivity index (χ0n) is 11.5. The largest absolute Gasteiger partial charge is 0.342 e. The number of rotatable bonds is 5. The number of hydrogen-bond donors (Lipinski definition) is 1. The molecule has 3 nitrogen and oxygen atoms in total. The van der Waals surface area contributed by atoms with Crippen LogP contribution in [0.3, 0.4) is 0 Å². The van der Waals surface area contributed by atoms with Gasteiger partial charge in [0.2, 0.25) is 5.91 Å². The van der Waals surface area contributed by atoms with Crippen molar-refractivity contribution < 1.29 is 4.79 Å². The van der Waals surface area contributed by atoms with Gasteiger partial charge >= 0.3 is 0 Å². The molecule has 0 saturated carbocycles. The van der Waals surface area contributed by atoms with Gasteiger partial charge in [0.1, 0.15) is 0 Å². The van der Waals surface area contributed by atoms with Gasteiger partial charge in [-0.15, -0.1) is 11.8 Å². The zero-order chi connectivity index (χ0) is 12.8. The smallest absolute Gasteiger partial charge is 0.235 e. The molecule has 1 aliphatic heterocycles. The highest BCUT2D eigenvalue weighted by molar-refractivity contribution is 8.00. The number of hydrogen-bond acceptors (Lipinski definition) is 3. The molecule has 0 aromatic rings. The Kier molecular flexibility index (Phi) is 6.34. The van der Waals surface area contributed by atoms with Crippen molar-refractivity contribution in [2.45, 2.75) is 44.9 Å². The van der Waals surface area contributed by atoms with Gasteiger partial charge in [-0.05, 0) is 31.6 Å². The summed E-state index contributed by atoms with van der Waals surface area (Å²) in [6.07, 6.45) is 2.17. The van der Waals surface area contributed by atoms with Crippen LogP contribution in [-0.2, 0) is 4.79 Å². The second-order valence-corrected chi connectivity index (χ2v) is 6.43. The summed E-state index contributed by atoms with van der Waals surface area (Å²) in [6.45, 7) is 8.24. The van der Waals surface area contributed by atoms with Gasteiger partial charge in [0.15, 0.2) is 0 Å². The van der Waals surface area contributed by atoms with Crippen molar-refractivity contribution >= 4 is 17.7 Å². The van der Waals surface area contributed by atoms with Gasteiger partial charge in [-0.1, -0.05) is 20.8 Å². The van der Waals surface area contributed by atoms with Crippen LogP contribution in [0.1, 0.15) is 33.6 Å². The van der Waals surface area contributed by atoms with Crippen LogP contribution in [0.15, 0.2) is 0 Å². The molecule has 0 spiro atoms. The molecule has 0 aromatic carbocycles. The van der Waals surface area contributed by atoms with Crippen molar-refractivity contribution in [3.8, 4) is 0 Å². The summed E-state index contributed by atoms with van der Waals surface area (Å²) in [6, 6.07) is 0.593. The number of nitrogens with one attached hydrogen (secondary N) is 1. The first-order chi connectivity index (χ1) is 8.10. The van der Waals surface area contributed by atoms with Crippen molar-refractivity contribution in [1.82, 2.24) is 10.2 Å². The van der Waals surface area contributed by atoms with Gasteiger partial charge in [0.25, 0.3) is 0 Å². The molecular weight excluding hydrogens is 232 g/mol. The molecule has 1 unspecified atom stereocenters. The standard InChI is InChI=1S/C13H26N2OS/c1-5-17-12(10(2)3)13(16)15-8-6-11(14-4)7-9-15/h10-12,14H,5-9H2,1-4H3. The first kappa shape index (κ1) is 14.8. The highest BCUT2D eigenvalue weighted by Crippen LogP contribution is 2.23. The minimum absolute atomic E-state index is 0.145. The van der Waals surface area contributed by atoms with Gasteiger partial charge in [0.05, 0.1) is 5.25 Å². The minimum Gasteiger partial charge on any atom is -0.342 e. The number of likely N-dealkylation sites (tertiary alicyclic amines) is 1. The average molecular weight is 258 g/mol. The van der Waals surface area contributed by atoms with Gasteiger partial charge in [-0.3, -0.25) is 4.79 Å². The van der Waals surface area contributed by atoms with Crippen LogP contribution in [0.2, 0.25) is 0 Å². The highest BCUT2D eigenvalue weighted by atomic mass is 32.2. The van der Waals surface area contributed by atoms with E-state index in [1.807, 2.05) is 7.05 Å². The maximum Gasteiger partial charge on any atom is 0.235 e. The summed E-state index contributed by atoms with van der Waals surface area (Å²) in [5.74, 6) is 1.79. The van der Waals surface area contributed by atoms with E-state index in [4.69, 9.17) is 0 Å². The van der Waals surface area contributed by atoms with E-state index in [-0.39, 0.29) is 5.25 Å². The Morgan fingerprint density at radius 1 is 1.41 bits per heavy atom. The Morgan fingerprint density at radius 3 is 2.41 bits per heavy atom. The Labute approximate surface area is 110 Å². The van der Waals surface area contributed by atoms with Gasteiger partial charge < -0.3 is 10.2 Å². The average Bonchev–Trinajstić information content (AvgIpc) is 2.35. The lowest BCUT2D eigenvalue weighted by molar-refractivity contribution is -0.132. The van der Waals surface area contributed by atoms with Crippen LogP contribution in [0.4, 0.5) is 0 Å². The maximum absolute atomic E-state index is 12.4. The number of thioether (sulfide) groups is 1. The van der Waals surface area contributed by atoms with Crippen molar-refractivity contribution in [3.05, 3.63) is 0 Å². The number of carbonyl (C=O) groups is 1. The van der Waals surface area contributed by atoms with E-state index in [0.717, 1.165) is 31.7 Å².